The number of ether oxygens (including phenoxy) is 2. The maximum Gasteiger partial charge on any atom is 0.404 e. The molecule has 0 aromatic heterocycles. The van der Waals surface area contributed by atoms with Gasteiger partial charge in [0, 0.05) is 31.2 Å². The molecule has 0 bridgehead atoms. The van der Waals surface area contributed by atoms with Gasteiger partial charge < -0.3 is 19.7 Å². The summed E-state index contributed by atoms with van der Waals surface area (Å²) in [6, 6.07) is 37.3. The third-order valence-corrected chi connectivity index (χ3v) is 14.5. The van der Waals surface area contributed by atoms with E-state index in [0.717, 1.165) is 53.5 Å². The Bertz CT molecular complexity index is 2820. The highest BCUT2D eigenvalue weighted by Crippen LogP contribution is 2.56. The number of aromatic hydroxyl groups is 2. The molecule has 2 N–H and O–H groups in total. The number of carbonyl (C=O) groups excluding carboxylic acids is 2. The van der Waals surface area contributed by atoms with Crippen molar-refractivity contribution in [1.82, 2.24) is 0 Å². The minimum atomic E-state index is -1.61. The van der Waals surface area contributed by atoms with Crippen molar-refractivity contribution in [3.05, 3.63) is 209 Å². The molecule has 2 heterocycles. The van der Waals surface area contributed by atoms with E-state index in [0.29, 0.717) is 22.6 Å². The van der Waals surface area contributed by atoms with Gasteiger partial charge in [-0.3, -0.25) is 9.69 Å². The monoisotopic (exact) mass is 1060 g/mol. The Kier molecular flexibility index (Phi) is 13.7. The molecule has 0 radical (unpaired) electrons. The standard InChI is InChI=1S/2C30H30BrNO3/c2*1-28(2,3)22-16-18(17-23(26(22)33)29(4,5)6)25-21-10-8-9-11-24(21)35-27(34)30(25,32-7)19-12-14-20(31)15-13-19/h2*8-17,25,33H,1-6H3/t2*25-,30-/m00/s1. The Hall–Kier alpha value is -6.20. The van der Waals surface area contributed by atoms with Crippen LogP contribution >= 0.6 is 31.9 Å². The lowest BCUT2D eigenvalue weighted by Crippen LogP contribution is -2.45. The molecule has 70 heavy (non-hydrogen) atoms. The molecule has 2 aliphatic heterocycles. The van der Waals surface area contributed by atoms with Crippen molar-refractivity contribution in [3.63, 3.8) is 0 Å². The average molecular weight is 1060 g/mol. The second kappa shape index (κ2) is 18.5. The third-order valence-electron chi connectivity index (χ3n) is 13.4. The van der Waals surface area contributed by atoms with Gasteiger partial charge in [0.15, 0.2) is 0 Å². The summed E-state index contributed by atoms with van der Waals surface area (Å²) in [5.74, 6) is -0.997. The van der Waals surface area contributed by atoms with E-state index in [4.69, 9.17) is 22.6 Å². The van der Waals surface area contributed by atoms with Crippen LogP contribution < -0.4 is 9.47 Å². The highest BCUT2D eigenvalue weighted by molar-refractivity contribution is 9.10. The third kappa shape index (κ3) is 9.17. The van der Waals surface area contributed by atoms with Crippen LogP contribution in [0.2, 0.25) is 0 Å². The zero-order valence-corrected chi connectivity index (χ0v) is 45.1. The van der Waals surface area contributed by atoms with Crippen molar-refractivity contribution >= 4 is 43.8 Å². The van der Waals surface area contributed by atoms with Gasteiger partial charge in [0.1, 0.15) is 34.8 Å². The molecule has 0 saturated carbocycles. The van der Waals surface area contributed by atoms with Crippen molar-refractivity contribution < 1.29 is 29.3 Å². The number of nitrogens with zero attached hydrogens (tertiary/aromatic N) is 2. The van der Waals surface area contributed by atoms with Crippen LogP contribution in [0.3, 0.4) is 0 Å². The fourth-order valence-corrected chi connectivity index (χ4v) is 10.3. The minimum Gasteiger partial charge on any atom is -0.507 e. The summed E-state index contributed by atoms with van der Waals surface area (Å²) in [7, 11) is 0. The predicted octanol–water partition coefficient (Wildman–Crippen LogP) is 15.2. The predicted molar refractivity (Wildman–Crippen MR) is 284 cm³/mol. The summed E-state index contributed by atoms with van der Waals surface area (Å²) in [4.78, 5) is 35.5. The van der Waals surface area contributed by atoms with Crippen molar-refractivity contribution in [3.8, 4) is 23.0 Å². The molecule has 8 rings (SSSR count). The zero-order valence-electron chi connectivity index (χ0n) is 41.9. The molecule has 2 aliphatic rings. The quantitative estimate of drug-likeness (QED) is 0.104. The number of phenols is 2. The van der Waals surface area contributed by atoms with E-state index in [9.17, 15) is 19.8 Å². The summed E-state index contributed by atoms with van der Waals surface area (Å²) in [6.07, 6.45) is 0. The molecule has 0 saturated heterocycles. The molecule has 0 aliphatic carbocycles. The summed E-state index contributed by atoms with van der Waals surface area (Å²) in [5.41, 5.74) is 2.79. The van der Waals surface area contributed by atoms with Crippen LogP contribution in [0.4, 0.5) is 0 Å². The topological polar surface area (TPSA) is 102 Å². The fourth-order valence-electron chi connectivity index (χ4n) is 9.77. The smallest absolute Gasteiger partial charge is 0.404 e. The molecule has 6 aromatic rings. The molecule has 360 valence electrons. The Labute approximate surface area is 430 Å². The van der Waals surface area contributed by atoms with Crippen molar-refractivity contribution in [2.45, 2.75) is 128 Å². The van der Waals surface area contributed by atoms with Gasteiger partial charge in [-0.05, 0) is 116 Å². The van der Waals surface area contributed by atoms with Gasteiger partial charge in [-0.25, -0.2) is 22.7 Å². The van der Waals surface area contributed by atoms with E-state index >= 15 is 0 Å². The minimum absolute atomic E-state index is 0.262. The number of rotatable bonds is 4. The summed E-state index contributed by atoms with van der Waals surface area (Å²) < 4.78 is 13.3. The lowest BCUT2D eigenvalue weighted by atomic mass is 9.67. The lowest BCUT2D eigenvalue weighted by molar-refractivity contribution is -0.142. The maximum atomic E-state index is 13.7. The van der Waals surface area contributed by atoms with E-state index in [1.807, 2.05) is 84.9 Å². The van der Waals surface area contributed by atoms with Crippen LogP contribution in [0.25, 0.3) is 9.69 Å². The number of benzene rings is 6. The molecule has 4 atom stereocenters. The Morgan fingerprint density at radius 1 is 0.471 bits per heavy atom. The average Bonchev–Trinajstić information content (AvgIpc) is 3.28. The van der Waals surface area contributed by atoms with E-state index in [1.165, 1.54) is 0 Å². The van der Waals surface area contributed by atoms with Crippen LogP contribution in [0, 0.1) is 13.1 Å². The van der Waals surface area contributed by atoms with Crippen LogP contribution in [0.5, 0.6) is 23.0 Å². The maximum absolute atomic E-state index is 13.7. The zero-order chi connectivity index (χ0) is 51.5. The molecule has 0 unspecified atom stereocenters. The molecule has 0 fully saturated rings. The van der Waals surface area contributed by atoms with Crippen LogP contribution in [0.1, 0.15) is 151 Å². The first kappa shape index (κ1) is 51.6. The highest BCUT2D eigenvalue weighted by Gasteiger charge is 2.62. The van der Waals surface area contributed by atoms with Crippen LogP contribution in [0.15, 0.2) is 130 Å². The van der Waals surface area contributed by atoms with Crippen LogP contribution in [-0.2, 0) is 42.3 Å². The van der Waals surface area contributed by atoms with Gasteiger partial charge in [-0.1, -0.05) is 176 Å². The number of phenolic OH excluding ortho intramolecular Hbond substituents is 2. The largest absolute Gasteiger partial charge is 0.507 e. The fraction of sp³-hybridized carbons (Fsp3) is 0.333. The first-order chi connectivity index (χ1) is 32.6. The second-order valence-corrected chi connectivity index (χ2v) is 24.3. The van der Waals surface area contributed by atoms with Gasteiger partial charge in [0.05, 0.1) is 0 Å². The van der Waals surface area contributed by atoms with E-state index in [1.54, 1.807) is 36.4 Å². The van der Waals surface area contributed by atoms with Gasteiger partial charge in [-0.2, -0.15) is 0 Å². The first-order valence-corrected chi connectivity index (χ1v) is 24.9. The van der Waals surface area contributed by atoms with Crippen molar-refractivity contribution in [1.29, 1.82) is 0 Å². The normalized spacial score (nSPS) is 20.1. The number of hydrogen-bond donors (Lipinski definition) is 2. The summed E-state index contributed by atoms with van der Waals surface area (Å²) in [6.45, 7) is 41.3. The van der Waals surface area contributed by atoms with Crippen molar-refractivity contribution in [2.24, 2.45) is 0 Å². The van der Waals surface area contributed by atoms with Gasteiger partial charge in [0.25, 0.3) is 0 Å². The number of hydrogen-bond acceptors (Lipinski definition) is 6. The SMILES string of the molecule is [C-]#[N+][C@]1(c2ccc(Br)cc2)C(=O)Oc2ccccc2[C@@H]1c1cc(C(C)(C)C)c(O)c(C(C)(C)C)c1.[C-]#[N+][C@]1(c2ccc(Br)cc2)C(=O)Oc2ccccc2[C@@H]1c1cc(C(C)(C)C)c(O)c(C(C)(C)C)c1. The first-order valence-electron chi connectivity index (χ1n) is 23.3. The van der Waals surface area contributed by atoms with Gasteiger partial charge in [-0.15, -0.1) is 0 Å². The Balaban J connectivity index is 0.000000206. The molecule has 10 heteroatoms. The molecular formula is C60H60Br2N2O6. The Morgan fingerprint density at radius 2 is 0.743 bits per heavy atom. The van der Waals surface area contributed by atoms with Gasteiger partial charge in [0.2, 0.25) is 0 Å². The molecule has 0 amide bonds. The number of esters is 2. The second-order valence-electron chi connectivity index (χ2n) is 22.4. The Morgan fingerprint density at radius 3 is 1.00 bits per heavy atom. The number of para-hydroxylation sites is 2. The van der Waals surface area contributed by atoms with Crippen molar-refractivity contribution in [2.75, 3.05) is 0 Å². The number of halogens is 2. The van der Waals surface area contributed by atoms with Crippen LogP contribution in [-0.4, -0.2) is 22.2 Å². The van der Waals surface area contributed by atoms with Gasteiger partial charge >= 0.3 is 23.0 Å². The molecule has 8 nitrogen and oxygen atoms in total. The number of fused-ring (bicyclic) bond motifs is 2. The van der Waals surface area contributed by atoms with E-state index in [2.05, 4.69) is 125 Å². The molecular weight excluding hydrogens is 1000 g/mol. The molecule has 0 spiro atoms. The highest BCUT2D eigenvalue weighted by atomic mass is 79.9. The van der Waals surface area contributed by atoms with E-state index < -0.39 is 34.9 Å². The van der Waals surface area contributed by atoms with E-state index in [-0.39, 0.29) is 33.2 Å². The molecule has 6 aromatic carbocycles. The summed E-state index contributed by atoms with van der Waals surface area (Å²) in [5, 5.41) is 22.6. The lowest BCUT2D eigenvalue weighted by Gasteiger charge is -2.36. The summed E-state index contributed by atoms with van der Waals surface area (Å²) >= 11 is 6.92. The number of carbonyl (C=O) groups is 2.